The Hall–Kier alpha value is -2.05. The SMILES string of the molecule is CCc1cc(C(O)CCc2nc(-c3ccc(Cl)cc3Cl)oc2C(C)C)ccc1OC(C)(C)CO. The van der Waals surface area contributed by atoms with Crippen molar-refractivity contribution in [1.29, 1.82) is 0 Å². The van der Waals surface area contributed by atoms with Crippen molar-refractivity contribution in [3.8, 4) is 17.2 Å². The summed E-state index contributed by atoms with van der Waals surface area (Å²) < 4.78 is 12.0. The molecule has 3 aromatic rings. The van der Waals surface area contributed by atoms with Gasteiger partial charge in [-0.15, -0.1) is 0 Å². The molecular formula is C27H33Cl2NO4. The molecule has 0 spiro atoms. The summed E-state index contributed by atoms with van der Waals surface area (Å²) in [5.41, 5.74) is 2.64. The summed E-state index contributed by atoms with van der Waals surface area (Å²) in [4.78, 5) is 4.71. The van der Waals surface area contributed by atoms with Gasteiger partial charge in [0.2, 0.25) is 5.89 Å². The number of halogens is 2. The van der Waals surface area contributed by atoms with Gasteiger partial charge in [0, 0.05) is 10.9 Å². The van der Waals surface area contributed by atoms with Crippen molar-refractivity contribution in [2.24, 2.45) is 0 Å². The number of nitrogens with zero attached hydrogens (tertiary/aromatic N) is 1. The third-order valence-electron chi connectivity index (χ3n) is 5.69. The maximum Gasteiger partial charge on any atom is 0.228 e. The number of hydrogen-bond donors (Lipinski definition) is 2. The lowest BCUT2D eigenvalue weighted by Crippen LogP contribution is -2.32. The molecular weight excluding hydrogens is 473 g/mol. The average Bonchev–Trinajstić information content (AvgIpc) is 3.21. The maximum atomic E-state index is 10.9. The van der Waals surface area contributed by atoms with E-state index in [1.807, 2.05) is 52.8 Å². The normalized spacial score (nSPS) is 12.9. The molecule has 0 aliphatic heterocycles. The average molecular weight is 506 g/mol. The Morgan fingerprint density at radius 3 is 2.47 bits per heavy atom. The largest absolute Gasteiger partial charge is 0.485 e. The summed E-state index contributed by atoms with van der Waals surface area (Å²) in [6, 6.07) is 10.9. The number of ether oxygens (including phenoxy) is 1. The molecule has 0 radical (unpaired) electrons. The van der Waals surface area contributed by atoms with E-state index in [-0.39, 0.29) is 12.5 Å². The molecule has 0 aliphatic carbocycles. The van der Waals surface area contributed by atoms with Gasteiger partial charge < -0.3 is 19.4 Å². The molecule has 1 unspecified atom stereocenters. The zero-order chi connectivity index (χ0) is 25.0. The van der Waals surface area contributed by atoms with Crippen LogP contribution in [0, 0.1) is 0 Å². The molecule has 3 rings (SSSR count). The van der Waals surface area contributed by atoms with E-state index in [4.69, 9.17) is 37.3 Å². The molecule has 0 aliphatic rings. The van der Waals surface area contributed by atoms with Gasteiger partial charge in [0.25, 0.3) is 0 Å². The van der Waals surface area contributed by atoms with E-state index in [0.717, 1.165) is 34.8 Å². The Bertz CT molecular complexity index is 1120. The monoisotopic (exact) mass is 505 g/mol. The third-order valence-corrected chi connectivity index (χ3v) is 6.23. The van der Waals surface area contributed by atoms with Crippen LogP contribution in [0.1, 0.15) is 75.6 Å². The summed E-state index contributed by atoms with van der Waals surface area (Å²) in [5.74, 6) is 2.10. The zero-order valence-corrected chi connectivity index (χ0v) is 21.9. The summed E-state index contributed by atoms with van der Waals surface area (Å²) in [7, 11) is 0. The van der Waals surface area contributed by atoms with E-state index in [1.165, 1.54) is 0 Å². The van der Waals surface area contributed by atoms with Crippen LogP contribution < -0.4 is 4.74 Å². The van der Waals surface area contributed by atoms with Crippen LogP contribution in [0.15, 0.2) is 40.8 Å². The first kappa shape index (κ1) is 26.6. The predicted molar refractivity (Wildman–Crippen MR) is 137 cm³/mol. The molecule has 7 heteroatoms. The highest BCUT2D eigenvalue weighted by atomic mass is 35.5. The van der Waals surface area contributed by atoms with Crippen LogP contribution in [-0.4, -0.2) is 27.4 Å². The second-order valence-corrected chi connectivity index (χ2v) is 10.2. The van der Waals surface area contributed by atoms with Gasteiger partial charge in [0.1, 0.15) is 17.1 Å². The first-order valence-corrected chi connectivity index (χ1v) is 12.4. The second kappa shape index (κ2) is 11.1. The minimum Gasteiger partial charge on any atom is -0.485 e. The molecule has 34 heavy (non-hydrogen) atoms. The smallest absolute Gasteiger partial charge is 0.228 e. The van der Waals surface area contributed by atoms with Gasteiger partial charge >= 0.3 is 0 Å². The van der Waals surface area contributed by atoms with Gasteiger partial charge in [-0.2, -0.15) is 0 Å². The number of aliphatic hydroxyl groups excluding tert-OH is 2. The van der Waals surface area contributed by atoms with Gasteiger partial charge in [0.15, 0.2) is 0 Å². The van der Waals surface area contributed by atoms with Crippen molar-refractivity contribution >= 4 is 23.2 Å². The van der Waals surface area contributed by atoms with Crippen LogP contribution in [0.4, 0.5) is 0 Å². The summed E-state index contributed by atoms with van der Waals surface area (Å²) >= 11 is 12.4. The van der Waals surface area contributed by atoms with Gasteiger partial charge in [-0.25, -0.2) is 4.98 Å². The lowest BCUT2D eigenvalue weighted by atomic mass is 9.98. The minimum atomic E-state index is -0.672. The molecule has 2 N–H and O–H groups in total. The van der Waals surface area contributed by atoms with E-state index in [2.05, 4.69) is 0 Å². The van der Waals surface area contributed by atoms with Gasteiger partial charge in [-0.1, -0.05) is 50.0 Å². The molecule has 0 saturated heterocycles. The first-order valence-electron chi connectivity index (χ1n) is 11.6. The molecule has 0 amide bonds. The molecule has 5 nitrogen and oxygen atoms in total. The minimum absolute atomic E-state index is 0.0837. The lowest BCUT2D eigenvalue weighted by molar-refractivity contribution is 0.0404. The number of aliphatic hydroxyl groups is 2. The van der Waals surface area contributed by atoms with Crippen molar-refractivity contribution < 1.29 is 19.4 Å². The predicted octanol–water partition coefficient (Wildman–Crippen LogP) is 7.15. The van der Waals surface area contributed by atoms with Crippen molar-refractivity contribution in [1.82, 2.24) is 4.98 Å². The Kier molecular flexibility index (Phi) is 8.69. The molecule has 184 valence electrons. The topological polar surface area (TPSA) is 75.7 Å². The van der Waals surface area contributed by atoms with E-state index in [9.17, 15) is 10.2 Å². The summed E-state index contributed by atoms with van der Waals surface area (Å²) in [6.45, 7) is 9.73. The van der Waals surface area contributed by atoms with Gasteiger partial charge in [-0.05, 0) is 74.6 Å². The number of rotatable bonds is 10. The van der Waals surface area contributed by atoms with Crippen LogP contribution >= 0.6 is 23.2 Å². The van der Waals surface area contributed by atoms with Crippen LogP contribution in [0.3, 0.4) is 0 Å². The Balaban J connectivity index is 1.79. The fourth-order valence-electron chi connectivity index (χ4n) is 3.72. The zero-order valence-electron chi connectivity index (χ0n) is 20.4. The number of aryl methyl sites for hydroxylation is 2. The van der Waals surface area contributed by atoms with Gasteiger partial charge in [0.05, 0.1) is 29.0 Å². The Morgan fingerprint density at radius 1 is 1.12 bits per heavy atom. The second-order valence-electron chi connectivity index (χ2n) is 9.40. The standard InChI is InChI=1S/C27H33Cl2NO4/c1-6-17-13-18(7-12-24(17)34-27(4,5)15-31)23(32)11-10-22-25(16(2)3)33-26(30-22)20-9-8-19(28)14-21(20)29/h7-9,12-14,16,23,31-32H,6,10-11,15H2,1-5H3. The fourth-order valence-corrected chi connectivity index (χ4v) is 4.21. The number of aromatic nitrogens is 1. The molecule has 1 atom stereocenters. The van der Waals surface area contributed by atoms with Crippen LogP contribution in [-0.2, 0) is 12.8 Å². The van der Waals surface area contributed by atoms with Crippen molar-refractivity contribution in [3.63, 3.8) is 0 Å². The highest BCUT2D eigenvalue weighted by molar-refractivity contribution is 6.36. The van der Waals surface area contributed by atoms with Gasteiger partial charge in [-0.3, -0.25) is 0 Å². The number of hydrogen-bond acceptors (Lipinski definition) is 5. The Morgan fingerprint density at radius 2 is 1.85 bits per heavy atom. The fraction of sp³-hybridized carbons (Fsp3) is 0.444. The molecule has 2 aromatic carbocycles. The van der Waals surface area contributed by atoms with E-state index in [1.54, 1.807) is 18.2 Å². The first-order chi connectivity index (χ1) is 16.0. The lowest BCUT2D eigenvalue weighted by Gasteiger charge is -2.26. The van der Waals surface area contributed by atoms with Crippen molar-refractivity contribution in [3.05, 3.63) is 69.0 Å². The van der Waals surface area contributed by atoms with E-state index in [0.29, 0.717) is 34.3 Å². The molecule has 1 heterocycles. The quantitative estimate of drug-likeness (QED) is 0.305. The van der Waals surface area contributed by atoms with E-state index < -0.39 is 11.7 Å². The summed E-state index contributed by atoms with van der Waals surface area (Å²) in [6.07, 6.45) is 1.14. The molecule has 0 fully saturated rings. The molecule has 0 saturated carbocycles. The van der Waals surface area contributed by atoms with Crippen LogP contribution in [0.2, 0.25) is 10.0 Å². The van der Waals surface area contributed by atoms with E-state index >= 15 is 0 Å². The Labute approximate surface area is 211 Å². The van der Waals surface area contributed by atoms with Crippen molar-refractivity contribution in [2.45, 2.75) is 71.5 Å². The third kappa shape index (κ3) is 6.33. The highest BCUT2D eigenvalue weighted by Crippen LogP contribution is 2.34. The summed E-state index contributed by atoms with van der Waals surface area (Å²) in [5, 5.41) is 21.5. The van der Waals surface area contributed by atoms with Crippen molar-refractivity contribution in [2.75, 3.05) is 6.61 Å². The number of oxazole rings is 1. The molecule has 1 aromatic heterocycles. The number of benzene rings is 2. The maximum absolute atomic E-state index is 10.9. The highest BCUT2D eigenvalue weighted by Gasteiger charge is 2.22. The van der Waals surface area contributed by atoms with Crippen LogP contribution in [0.5, 0.6) is 5.75 Å². The molecule has 0 bridgehead atoms. The van der Waals surface area contributed by atoms with Crippen LogP contribution in [0.25, 0.3) is 11.5 Å².